The molecule has 0 aliphatic carbocycles. The van der Waals surface area contributed by atoms with E-state index in [0.717, 1.165) is 0 Å². The van der Waals surface area contributed by atoms with Gasteiger partial charge >= 0.3 is 0 Å². The molecule has 0 radical (unpaired) electrons. The lowest BCUT2D eigenvalue weighted by Crippen LogP contribution is -2.48. The first kappa shape index (κ1) is 15.6. The fraction of sp³-hybridized carbons (Fsp3) is 0.417. The number of piperazine rings is 1. The van der Waals surface area contributed by atoms with Crippen LogP contribution in [0.4, 0.5) is 0 Å². The quantitative estimate of drug-likeness (QED) is 0.897. The Balaban J connectivity index is 2.07. The maximum absolute atomic E-state index is 12.3. The highest BCUT2D eigenvalue weighted by atomic mass is 35.5. The Labute approximate surface area is 127 Å². The van der Waals surface area contributed by atoms with Crippen LogP contribution in [-0.2, 0) is 14.6 Å². The third-order valence-electron chi connectivity index (χ3n) is 3.02. The van der Waals surface area contributed by atoms with E-state index < -0.39 is 9.84 Å². The summed E-state index contributed by atoms with van der Waals surface area (Å²) < 4.78 is 24.5. The second-order valence-corrected chi connectivity index (χ2v) is 7.44. The standard InChI is InChI=1S/C12H14Cl2N2O3S/c13-9-1-2-10(14)11(7-9)20(18,19)6-5-16-4-3-15-12(17)8-16/h1-2,7H,3-6,8H2,(H,15,17). The van der Waals surface area contributed by atoms with Gasteiger partial charge < -0.3 is 5.32 Å². The normalized spacial score (nSPS) is 17.0. The van der Waals surface area contributed by atoms with Gasteiger partial charge in [0.05, 0.1) is 22.2 Å². The number of hydrogen-bond acceptors (Lipinski definition) is 4. The van der Waals surface area contributed by atoms with Crippen molar-refractivity contribution in [2.75, 3.05) is 31.9 Å². The number of halogens is 2. The monoisotopic (exact) mass is 336 g/mol. The smallest absolute Gasteiger partial charge is 0.234 e. The maximum Gasteiger partial charge on any atom is 0.234 e. The molecular weight excluding hydrogens is 323 g/mol. The molecule has 8 heteroatoms. The number of carbonyl (C=O) groups excluding carboxylic acids is 1. The maximum atomic E-state index is 12.3. The first-order valence-electron chi connectivity index (χ1n) is 6.05. The summed E-state index contributed by atoms with van der Waals surface area (Å²) in [6.07, 6.45) is 0. The van der Waals surface area contributed by atoms with Crippen LogP contribution in [0.2, 0.25) is 10.0 Å². The summed E-state index contributed by atoms with van der Waals surface area (Å²) in [5.74, 6) is -0.185. The number of nitrogens with one attached hydrogen (secondary N) is 1. The Morgan fingerprint density at radius 2 is 2.05 bits per heavy atom. The first-order chi connectivity index (χ1) is 9.38. The Morgan fingerprint density at radius 1 is 1.30 bits per heavy atom. The van der Waals surface area contributed by atoms with Crippen molar-refractivity contribution in [2.24, 2.45) is 0 Å². The van der Waals surface area contributed by atoms with E-state index in [1.165, 1.54) is 18.2 Å². The molecule has 1 aliphatic heterocycles. The summed E-state index contributed by atoms with van der Waals surface area (Å²) in [5, 5.41) is 3.17. The van der Waals surface area contributed by atoms with E-state index >= 15 is 0 Å². The van der Waals surface area contributed by atoms with Crippen LogP contribution in [0, 0.1) is 0 Å². The van der Waals surface area contributed by atoms with Gasteiger partial charge in [-0.25, -0.2) is 8.42 Å². The molecule has 1 saturated heterocycles. The van der Waals surface area contributed by atoms with E-state index in [1.54, 1.807) is 4.90 Å². The summed E-state index contributed by atoms with van der Waals surface area (Å²) in [4.78, 5) is 13.1. The van der Waals surface area contributed by atoms with Crippen LogP contribution >= 0.6 is 23.2 Å². The molecule has 1 aromatic rings. The van der Waals surface area contributed by atoms with Crippen LogP contribution in [0.25, 0.3) is 0 Å². The lowest BCUT2D eigenvalue weighted by atomic mass is 10.3. The lowest BCUT2D eigenvalue weighted by molar-refractivity contribution is -0.123. The van der Waals surface area contributed by atoms with Crippen LogP contribution in [0.5, 0.6) is 0 Å². The summed E-state index contributed by atoms with van der Waals surface area (Å²) in [6.45, 7) is 1.69. The molecule has 0 aromatic heterocycles. The van der Waals surface area contributed by atoms with Crippen molar-refractivity contribution < 1.29 is 13.2 Å². The number of carbonyl (C=O) groups is 1. The lowest BCUT2D eigenvalue weighted by Gasteiger charge is -2.26. The van der Waals surface area contributed by atoms with Crippen LogP contribution in [0.1, 0.15) is 0 Å². The molecule has 0 atom stereocenters. The topological polar surface area (TPSA) is 66.5 Å². The van der Waals surface area contributed by atoms with Crippen LogP contribution < -0.4 is 5.32 Å². The fourth-order valence-electron chi connectivity index (χ4n) is 1.96. The van der Waals surface area contributed by atoms with Gasteiger partial charge in [0, 0.05) is 24.7 Å². The second kappa shape index (κ2) is 6.30. The minimum Gasteiger partial charge on any atom is -0.354 e. The zero-order valence-electron chi connectivity index (χ0n) is 10.6. The van der Waals surface area contributed by atoms with Crippen molar-refractivity contribution in [3.8, 4) is 0 Å². The molecule has 110 valence electrons. The van der Waals surface area contributed by atoms with E-state index in [1.807, 2.05) is 0 Å². The van der Waals surface area contributed by atoms with Gasteiger partial charge in [0.1, 0.15) is 0 Å². The van der Waals surface area contributed by atoms with Crippen molar-refractivity contribution >= 4 is 38.9 Å². The molecule has 1 heterocycles. The Kier molecular flexibility index (Phi) is 4.90. The molecule has 1 amide bonds. The van der Waals surface area contributed by atoms with Crippen LogP contribution in [0.15, 0.2) is 23.1 Å². The minimum absolute atomic E-state index is 0.0353. The van der Waals surface area contributed by atoms with E-state index in [-0.39, 0.29) is 28.1 Å². The molecule has 0 spiro atoms. The Bertz CT molecular complexity index is 619. The van der Waals surface area contributed by atoms with Crippen LogP contribution in [0.3, 0.4) is 0 Å². The van der Waals surface area contributed by atoms with Gasteiger partial charge in [-0.3, -0.25) is 9.69 Å². The molecule has 1 N–H and O–H groups in total. The molecule has 1 aliphatic rings. The largest absolute Gasteiger partial charge is 0.354 e. The van der Waals surface area contributed by atoms with Crippen LogP contribution in [-0.4, -0.2) is 51.2 Å². The summed E-state index contributed by atoms with van der Waals surface area (Å²) in [5.41, 5.74) is 0. The molecule has 2 rings (SSSR count). The zero-order chi connectivity index (χ0) is 14.8. The SMILES string of the molecule is O=C1CN(CCS(=O)(=O)c2cc(Cl)ccc2Cl)CCN1. The highest BCUT2D eigenvalue weighted by molar-refractivity contribution is 7.91. The molecule has 0 unspecified atom stereocenters. The second-order valence-electron chi connectivity index (χ2n) is 4.52. The summed E-state index contributed by atoms with van der Waals surface area (Å²) in [7, 11) is -3.52. The molecular formula is C12H14Cl2N2O3S. The number of rotatable bonds is 4. The summed E-state index contributed by atoms with van der Waals surface area (Å²) >= 11 is 11.7. The minimum atomic E-state index is -3.52. The Morgan fingerprint density at radius 3 is 2.75 bits per heavy atom. The van der Waals surface area contributed by atoms with Crippen molar-refractivity contribution in [3.05, 3.63) is 28.2 Å². The average Bonchev–Trinajstić information content (AvgIpc) is 2.39. The van der Waals surface area contributed by atoms with E-state index in [2.05, 4.69) is 5.32 Å². The van der Waals surface area contributed by atoms with E-state index in [4.69, 9.17) is 23.2 Å². The van der Waals surface area contributed by atoms with Crippen molar-refractivity contribution in [3.63, 3.8) is 0 Å². The van der Waals surface area contributed by atoms with Gasteiger partial charge in [-0.05, 0) is 18.2 Å². The molecule has 0 saturated carbocycles. The number of benzene rings is 1. The number of sulfone groups is 1. The molecule has 5 nitrogen and oxygen atoms in total. The molecule has 1 fully saturated rings. The van der Waals surface area contributed by atoms with Gasteiger partial charge in [-0.1, -0.05) is 23.2 Å². The number of hydrogen-bond donors (Lipinski definition) is 1. The number of nitrogens with zero attached hydrogens (tertiary/aromatic N) is 1. The van der Waals surface area contributed by atoms with Crippen molar-refractivity contribution in [2.45, 2.75) is 4.90 Å². The predicted molar refractivity (Wildman–Crippen MR) is 78.0 cm³/mol. The van der Waals surface area contributed by atoms with Gasteiger partial charge in [0.2, 0.25) is 5.91 Å². The third-order valence-corrected chi connectivity index (χ3v) is 5.43. The third kappa shape index (κ3) is 3.85. The van der Waals surface area contributed by atoms with Crippen molar-refractivity contribution in [1.29, 1.82) is 0 Å². The number of amides is 1. The van der Waals surface area contributed by atoms with Gasteiger partial charge in [0.15, 0.2) is 9.84 Å². The first-order valence-corrected chi connectivity index (χ1v) is 8.46. The zero-order valence-corrected chi connectivity index (χ0v) is 12.9. The molecule has 20 heavy (non-hydrogen) atoms. The van der Waals surface area contributed by atoms with Crippen molar-refractivity contribution in [1.82, 2.24) is 10.2 Å². The molecule has 0 bridgehead atoms. The predicted octanol–water partition coefficient (Wildman–Crippen LogP) is 1.20. The highest BCUT2D eigenvalue weighted by Gasteiger charge is 2.22. The summed E-state index contributed by atoms with van der Waals surface area (Å²) in [6, 6.07) is 4.35. The Hall–Kier alpha value is -0.820. The molecule has 1 aromatic carbocycles. The average molecular weight is 337 g/mol. The van der Waals surface area contributed by atoms with Gasteiger partial charge in [-0.15, -0.1) is 0 Å². The van der Waals surface area contributed by atoms with E-state index in [0.29, 0.717) is 24.7 Å². The fourth-order valence-corrected chi connectivity index (χ4v) is 4.05. The highest BCUT2D eigenvalue weighted by Crippen LogP contribution is 2.25. The van der Waals surface area contributed by atoms with Gasteiger partial charge in [0.25, 0.3) is 0 Å². The van der Waals surface area contributed by atoms with E-state index in [9.17, 15) is 13.2 Å². The van der Waals surface area contributed by atoms with Gasteiger partial charge in [-0.2, -0.15) is 0 Å².